The Morgan fingerprint density at radius 3 is 2.90 bits per heavy atom. The van der Waals surface area contributed by atoms with Gasteiger partial charge in [-0.2, -0.15) is 21.1 Å². The molecule has 9 N–H and O–H groups in total. The minimum atomic E-state index is -3.63. The van der Waals surface area contributed by atoms with Crippen LogP contribution < -0.4 is 22.3 Å². The zero-order chi connectivity index (χ0) is 15.2. The number of nitrogens with zero attached hydrogens (tertiary/aromatic N) is 3. The maximum absolute atomic E-state index is 10.8. The molecule has 0 aromatic carbocycles. The molecule has 114 valence electrons. The number of rotatable bonds is 7. The number of nitrogens with two attached hydrogens (primary N) is 4. The third-order valence-electron chi connectivity index (χ3n) is 1.86. The van der Waals surface area contributed by atoms with Crippen molar-refractivity contribution in [1.82, 2.24) is 4.98 Å². The number of guanidine groups is 1. The Hall–Kier alpha value is -0.920. The minimum Gasteiger partial charge on any atom is -0.370 e. The fraction of sp³-hybridized carbons (Fsp3) is 0.500. The molecule has 0 saturated heterocycles. The van der Waals surface area contributed by atoms with Gasteiger partial charge in [0.05, 0.1) is 5.69 Å². The molecule has 0 amide bonds. The van der Waals surface area contributed by atoms with Gasteiger partial charge in [-0.25, -0.2) is 14.3 Å². The van der Waals surface area contributed by atoms with E-state index in [1.165, 1.54) is 11.3 Å². The van der Waals surface area contributed by atoms with E-state index in [4.69, 9.17) is 26.9 Å². The van der Waals surface area contributed by atoms with Gasteiger partial charge in [-0.15, -0.1) is 11.3 Å². The van der Waals surface area contributed by atoms with Crippen LogP contribution in [0.2, 0.25) is 0 Å². The van der Waals surface area contributed by atoms with E-state index in [2.05, 4.69) is 14.3 Å². The van der Waals surface area contributed by atoms with Crippen molar-refractivity contribution in [2.45, 2.75) is 18.3 Å². The summed E-state index contributed by atoms with van der Waals surface area (Å²) >= 11 is 2.92. The quantitative estimate of drug-likeness (QED) is 0.258. The van der Waals surface area contributed by atoms with Crippen LogP contribution in [0.25, 0.3) is 0 Å². The Kier molecular flexibility index (Phi) is 6.64. The molecule has 20 heavy (non-hydrogen) atoms. The van der Waals surface area contributed by atoms with Gasteiger partial charge in [0.15, 0.2) is 5.96 Å². The number of hydrogen-bond donors (Lipinski definition) is 5. The molecule has 0 radical (unpaired) electrons. The first-order chi connectivity index (χ1) is 9.26. The lowest BCUT2D eigenvalue weighted by molar-refractivity contribution is 0.542. The molecule has 0 spiro atoms. The predicted molar refractivity (Wildman–Crippen MR) is 83.7 cm³/mol. The molecule has 0 aliphatic heterocycles. The summed E-state index contributed by atoms with van der Waals surface area (Å²) in [6.45, 7) is 0. The molecule has 0 aliphatic carbocycles. The van der Waals surface area contributed by atoms with Crippen molar-refractivity contribution in [2.75, 3.05) is 5.75 Å². The summed E-state index contributed by atoms with van der Waals surface area (Å²) in [4.78, 5) is 8.05. The SMILES string of the molecule is NC(N)=Nc1nc(CSCCC(N)N=S(N)(=O)O)cs1. The minimum absolute atomic E-state index is 0.0273. The molecular formula is C8H17N7O2S3. The van der Waals surface area contributed by atoms with Gasteiger partial charge in [0.2, 0.25) is 15.3 Å². The molecule has 1 aromatic heterocycles. The van der Waals surface area contributed by atoms with E-state index in [1.807, 2.05) is 5.38 Å². The molecule has 0 aliphatic rings. The van der Waals surface area contributed by atoms with Gasteiger partial charge < -0.3 is 17.2 Å². The molecule has 2 atom stereocenters. The van der Waals surface area contributed by atoms with Crippen molar-refractivity contribution < 1.29 is 8.76 Å². The highest BCUT2D eigenvalue weighted by atomic mass is 32.2. The topological polar surface area (TPSA) is 179 Å². The van der Waals surface area contributed by atoms with Crippen LogP contribution in [0.4, 0.5) is 5.13 Å². The van der Waals surface area contributed by atoms with E-state index >= 15 is 0 Å². The second kappa shape index (κ2) is 7.75. The lowest BCUT2D eigenvalue weighted by Gasteiger charge is -2.05. The molecule has 9 nitrogen and oxygen atoms in total. The van der Waals surface area contributed by atoms with Gasteiger partial charge in [0, 0.05) is 11.1 Å². The predicted octanol–water partition coefficient (Wildman–Crippen LogP) is -0.229. The molecular weight excluding hydrogens is 322 g/mol. The first-order valence-electron chi connectivity index (χ1n) is 5.40. The van der Waals surface area contributed by atoms with Crippen LogP contribution >= 0.6 is 23.1 Å². The maximum Gasteiger partial charge on any atom is 0.227 e. The maximum atomic E-state index is 10.8. The summed E-state index contributed by atoms with van der Waals surface area (Å²) in [5.41, 5.74) is 16.9. The summed E-state index contributed by atoms with van der Waals surface area (Å²) in [5, 5.41) is 7.23. The van der Waals surface area contributed by atoms with Crippen molar-refractivity contribution in [3.8, 4) is 0 Å². The summed E-state index contributed by atoms with van der Waals surface area (Å²) in [7, 11) is -3.63. The molecule has 1 heterocycles. The monoisotopic (exact) mass is 339 g/mol. The van der Waals surface area contributed by atoms with Gasteiger partial charge in [0.25, 0.3) is 0 Å². The lowest BCUT2D eigenvalue weighted by atomic mass is 10.4. The largest absolute Gasteiger partial charge is 0.370 e. The highest BCUT2D eigenvalue weighted by Crippen LogP contribution is 2.22. The van der Waals surface area contributed by atoms with Crippen molar-refractivity contribution >= 4 is 44.4 Å². The summed E-state index contributed by atoms with van der Waals surface area (Å²) in [5.74, 6) is 1.30. The normalized spacial score (nSPS) is 15.3. The van der Waals surface area contributed by atoms with Crippen LogP contribution in [0.1, 0.15) is 12.1 Å². The average molecular weight is 339 g/mol. The number of aromatic nitrogens is 1. The molecule has 2 unspecified atom stereocenters. The standard InChI is InChI=1S/C8H17N7O2S3/c9-6(15-20(12,16)17)1-2-18-3-5-4-19-8(13-5)14-7(10)11/h4,6H,1-3,9H2,(H4,10,11,13,14)(H3,12,15,16,17). The highest BCUT2D eigenvalue weighted by molar-refractivity contribution is 7.98. The number of thiazole rings is 1. The Labute approximate surface area is 125 Å². The summed E-state index contributed by atoms with van der Waals surface area (Å²) in [6.07, 6.45) is -0.303. The number of hydrogen-bond acceptors (Lipinski definition) is 7. The second-order valence-corrected chi connectivity index (χ2v) is 6.94. The third-order valence-corrected chi connectivity index (χ3v) is 4.24. The molecule has 1 rings (SSSR count). The first-order valence-corrected chi connectivity index (χ1v) is 8.97. The lowest BCUT2D eigenvalue weighted by Crippen LogP contribution is -2.23. The molecule has 12 heteroatoms. The van der Waals surface area contributed by atoms with E-state index in [0.717, 1.165) is 5.69 Å². The van der Waals surface area contributed by atoms with Crippen LogP contribution in [0.15, 0.2) is 14.7 Å². The van der Waals surface area contributed by atoms with Gasteiger partial charge in [-0.05, 0) is 12.2 Å². The van der Waals surface area contributed by atoms with Crippen LogP contribution in [-0.4, -0.2) is 31.6 Å². The van der Waals surface area contributed by atoms with Crippen molar-refractivity contribution in [1.29, 1.82) is 0 Å². The van der Waals surface area contributed by atoms with E-state index in [0.29, 0.717) is 23.1 Å². The number of aliphatic imine (C=N–C) groups is 1. The second-order valence-electron chi connectivity index (χ2n) is 3.71. The van der Waals surface area contributed by atoms with Gasteiger partial charge >= 0.3 is 0 Å². The molecule has 0 saturated carbocycles. The smallest absolute Gasteiger partial charge is 0.227 e. The Morgan fingerprint density at radius 2 is 2.30 bits per heavy atom. The van der Waals surface area contributed by atoms with Crippen LogP contribution in [0.3, 0.4) is 0 Å². The Bertz CT molecular complexity index is 566. The molecule has 0 bridgehead atoms. The molecule has 1 aromatic rings. The zero-order valence-corrected chi connectivity index (χ0v) is 13.0. The molecule has 0 fully saturated rings. The fourth-order valence-electron chi connectivity index (χ4n) is 1.15. The third kappa shape index (κ3) is 7.62. The first kappa shape index (κ1) is 17.1. The average Bonchev–Trinajstić information content (AvgIpc) is 2.68. The van der Waals surface area contributed by atoms with E-state index in [1.54, 1.807) is 11.8 Å². The van der Waals surface area contributed by atoms with Crippen molar-refractivity contribution in [2.24, 2.45) is 31.7 Å². The van der Waals surface area contributed by atoms with E-state index in [9.17, 15) is 4.21 Å². The van der Waals surface area contributed by atoms with Gasteiger partial charge in [-0.1, -0.05) is 0 Å². The van der Waals surface area contributed by atoms with Crippen molar-refractivity contribution in [3.63, 3.8) is 0 Å². The Morgan fingerprint density at radius 1 is 1.60 bits per heavy atom. The highest BCUT2D eigenvalue weighted by Gasteiger charge is 2.05. The zero-order valence-electron chi connectivity index (χ0n) is 10.5. The van der Waals surface area contributed by atoms with E-state index in [-0.39, 0.29) is 5.96 Å². The summed E-state index contributed by atoms with van der Waals surface area (Å²) in [6, 6.07) is 0. The summed E-state index contributed by atoms with van der Waals surface area (Å²) < 4.78 is 22.9. The van der Waals surface area contributed by atoms with Gasteiger partial charge in [0.1, 0.15) is 6.17 Å². The fourth-order valence-corrected chi connectivity index (χ4v) is 3.37. The Balaban J connectivity index is 2.33. The van der Waals surface area contributed by atoms with E-state index < -0.39 is 16.4 Å². The van der Waals surface area contributed by atoms with Crippen LogP contribution in [0, 0.1) is 0 Å². The van der Waals surface area contributed by atoms with Gasteiger partial charge in [-0.3, -0.25) is 4.55 Å². The van der Waals surface area contributed by atoms with Crippen molar-refractivity contribution in [3.05, 3.63) is 11.1 Å². The van der Waals surface area contributed by atoms with Crippen LogP contribution in [0.5, 0.6) is 0 Å². The number of thioether (sulfide) groups is 1. The van der Waals surface area contributed by atoms with Crippen LogP contribution in [-0.2, 0) is 15.9 Å².